The summed E-state index contributed by atoms with van der Waals surface area (Å²) in [5.41, 5.74) is 3.47. The Kier molecular flexibility index (Phi) is 4.72. The van der Waals surface area contributed by atoms with Crippen molar-refractivity contribution < 1.29 is 14.6 Å². The molecule has 1 N–H and O–H groups in total. The van der Waals surface area contributed by atoms with E-state index in [4.69, 9.17) is 37.8 Å². The quantitative estimate of drug-likeness (QED) is 0.546. The molecule has 7 heteroatoms. The van der Waals surface area contributed by atoms with Gasteiger partial charge in [0.1, 0.15) is 17.2 Å². The number of hydrogen-bond donors (Lipinski definition) is 1. The summed E-state index contributed by atoms with van der Waals surface area (Å²) in [5.74, 6) is 1.49. The number of aromatic hydroxyl groups is 1. The second-order valence-electron chi connectivity index (χ2n) is 7.21. The van der Waals surface area contributed by atoms with Gasteiger partial charge in [-0.05, 0) is 48.0 Å². The van der Waals surface area contributed by atoms with Crippen LogP contribution in [0.5, 0.6) is 17.2 Å². The molecule has 0 saturated carbocycles. The summed E-state index contributed by atoms with van der Waals surface area (Å²) >= 11 is 12.4. The number of hydrazone groups is 1. The molecule has 0 bridgehead atoms. The molecule has 5 rings (SSSR count). The molecule has 2 atom stereocenters. The molecular weight excluding hydrogens is 423 g/mol. The maximum absolute atomic E-state index is 10.6. The van der Waals surface area contributed by atoms with Gasteiger partial charge in [0.05, 0.1) is 29.4 Å². The minimum absolute atomic E-state index is 0.0331. The number of nitrogens with zero attached hydrogens (tertiary/aromatic N) is 2. The number of phenolic OH excluding ortho intramolecular Hbond substituents is 1. The number of para-hydroxylation sites is 1. The summed E-state index contributed by atoms with van der Waals surface area (Å²) in [4.78, 5) is 0. The fourth-order valence-corrected chi connectivity index (χ4v) is 4.48. The molecule has 152 valence electrons. The van der Waals surface area contributed by atoms with Crippen LogP contribution in [0.15, 0.2) is 65.8 Å². The van der Waals surface area contributed by atoms with Crippen LogP contribution in [0.4, 0.5) is 0 Å². The zero-order chi connectivity index (χ0) is 20.8. The van der Waals surface area contributed by atoms with E-state index >= 15 is 0 Å². The van der Waals surface area contributed by atoms with Gasteiger partial charge in [0.15, 0.2) is 0 Å². The van der Waals surface area contributed by atoms with E-state index in [1.165, 1.54) is 6.07 Å². The Morgan fingerprint density at radius 1 is 1.07 bits per heavy atom. The lowest BCUT2D eigenvalue weighted by atomic mass is 9.96. The highest BCUT2D eigenvalue weighted by molar-refractivity contribution is 6.35. The molecule has 0 fully saturated rings. The van der Waals surface area contributed by atoms with Crippen molar-refractivity contribution in [2.45, 2.75) is 18.7 Å². The van der Waals surface area contributed by atoms with Crippen LogP contribution in [0.25, 0.3) is 0 Å². The van der Waals surface area contributed by atoms with Gasteiger partial charge in [-0.25, -0.2) is 5.01 Å². The molecule has 3 aromatic carbocycles. The topological polar surface area (TPSA) is 54.3 Å². The summed E-state index contributed by atoms with van der Waals surface area (Å²) in [6.45, 7) is 0. The number of benzene rings is 3. The summed E-state index contributed by atoms with van der Waals surface area (Å²) in [6, 6.07) is 18.8. The maximum atomic E-state index is 10.6. The molecule has 3 aromatic rings. The van der Waals surface area contributed by atoms with Crippen molar-refractivity contribution in [2.75, 3.05) is 7.11 Å². The maximum Gasteiger partial charge on any atom is 0.217 e. The van der Waals surface area contributed by atoms with E-state index in [0.717, 1.165) is 28.3 Å². The minimum Gasteiger partial charge on any atom is -0.506 e. The van der Waals surface area contributed by atoms with E-state index < -0.39 is 6.23 Å². The predicted octanol–water partition coefficient (Wildman–Crippen LogP) is 5.95. The molecule has 0 unspecified atom stereocenters. The number of halogens is 2. The van der Waals surface area contributed by atoms with E-state index in [1.807, 2.05) is 53.5 Å². The van der Waals surface area contributed by atoms with E-state index in [-0.39, 0.29) is 16.8 Å². The van der Waals surface area contributed by atoms with Gasteiger partial charge in [0, 0.05) is 17.0 Å². The van der Waals surface area contributed by atoms with E-state index in [2.05, 4.69) is 0 Å². The first-order chi connectivity index (χ1) is 14.5. The summed E-state index contributed by atoms with van der Waals surface area (Å²) < 4.78 is 11.5. The zero-order valence-corrected chi connectivity index (χ0v) is 17.6. The molecule has 2 aliphatic rings. The highest BCUT2D eigenvalue weighted by atomic mass is 35.5. The zero-order valence-electron chi connectivity index (χ0n) is 16.0. The van der Waals surface area contributed by atoms with Crippen molar-refractivity contribution in [2.24, 2.45) is 5.10 Å². The van der Waals surface area contributed by atoms with E-state index in [1.54, 1.807) is 13.2 Å². The SMILES string of the molecule is COc1ccc(C2=NN3[C@H](C2)c2ccccc2O[C@@H]3c2cc(Cl)cc(Cl)c2O)cc1. The van der Waals surface area contributed by atoms with Crippen LogP contribution >= 0.6 is 23.2 Å². The number of phenols is 1. The molecule has 0 spiro atoms. The summed E-state index contributed by atoms with van der Waals surface area (Å²) in [6.07, 6.45) is 0.0509. The number of fused-ring (bicyclic) bond motifs is 3. The number of ether oxygens (including phenoxy) is 2. The minimum atomic E-state index is -0.656. The smallest absolute Gasteiger partial charge is 0.217 e. The van der Waals surface area contributed by atoms with Crippen molar-refractivity contribution in [3.05, 3.63) is 87.4 Å². The van der Waals surface area contributed by atoms with Crippen LogP contribution in [0, 0.1) is 0 Å². The van der Waals surface area contributed by atoms with Crippen LogP contribution in [-0.4, -0.2) is 22.9 Å². The van der Waals surface area contributed by atoms with Gasteiger partial charge in [-0.2, -0.15) is 5.10 Å². The summed E-state index contributed by atoms with van der Waals surface area (Å²) in [5, 5.41) is 18.0. The van der Waals surface area contributed by atoms with Crippen molar-refractivity contribution in [1.82, 2.24) is 5.01 Å². The fraction of sp³-hybridized carbons (Fsp3) is 0.174. The number of rotatable bonds is 3. The third-order valence-corrected chi connectivity index (χ3v) is 5.95. The van der Waals surface area contributed by atoms with Gasteiger partial charge in [0.2, 0.25) is 6.23 Å². The Bertz CT molecular complexity index is 1150. The van der Waals surface area contributed by atoms with Crippen LogP contribution < -0.4 is 9.47 Å². The van der Waals surface area contributed by atoms with Crippen molar-refractivity contribution in [1.29, 1.82) is 0 Å². The fourth-order valence-electron chi connectivity index (χ4n) is 3.97. The molecule has 0 saturated heterocycles. The molecular formula is C23H18Cl2N2O3. The van der Waals surface area contributed by atoms with Crippen molar-refractivity contribution >= 4 is 28.9 Å². The molecule has 5 nitrogen and oxygen atoms in total. The van der Waals surface area contributed by atoms with Crippen LogP contribution in [0.1, 0.15) is 35.4 Å². The molecule has 0 aliphatic carbocycles. The predicted molar refractivity (Wildman–Crippen MR) is 117 cm³/mol. The van der Waals surface area contributed by atoms with Crippen LogP contribution in [0.3, 0.4) is 0 Å². The number of methoxy groups -OCH3 is 1. The van der Waals surface area contributed by atoms with Gasteiger partial charge < -0.3 is 14.6 Å². The largest absolute Gasteiger partial charge is 0.506 e. The van der Waals surface area contributed by atoms with Crippen LogP contribution in [-0.2, 0) is 0 Å². The second kappa shape index (κ2) is 7.42. The normalized spacial score (nSPS) is 19.6. The van der Waals surface area contributed by atoms with E-state index in [9.17, 15) is 5.11 Å². The highest BCUT2D eigenvalue weighted by Crippen LogP contribution is 2.49. The standard InChI is InChI=1S/C23H18Cl2N2O3/c1-29-15-8-6-13(7-9-15)19-12-20-16-4-2-3-5-21(16)30-23(27(20)26-19)17-10-14(24)11-18(25)22(17)28/h2-11,20,23,28H,12H2,1H3/t20-,23-/m1/s1. The molecule has 0 radical (unpaired) electrons. The Labute approximate surface area is 184 Å². The Morgan fingerprint density at radius 3 is 2.60 bits per heavy atom. The molecule has 0 amide bonds. The third kappa shape index (κ3) is 3.15. The Hall–Kier alpha value is -2.89. The van der Waals surface area contributed by atoms with Gasteiger partial charge in [0.25, 0.3) is 0 Å². The number of hydrogen-bond acceptors (Lipinski definition) is 5. The van der Waals surface area contributed by atoms with Gasteiger partial charge in [-0.15, -0.1) is 0 Å². The van der Waals surface area contributed by atoms with Crippen molar-refractivity contribution in [3.8, 4) is 17.2 Å². The van der Waals surface area contributed by atoms with Gasteiger partial charge >= 0.3 is 0 Å². The lowest BCUT2D eigenvalue weighted by Gasteiger charge is -2.38. The van der Waals surface area contributed by atoms with Crippen molar-refractivity contribution in [3.63, 3.8) is 0 Å². The lowest BCUT2D eigenvalue weighted by molar-refractivity contribution is -0.0203. The molecule has 2 aliphatic heterocycles. The molecule has 0 aromatic heterocycles. The van der Waals surface area contributed by atoms with Crippen LogP contribution in [0.2, 0.25) is 10.0 Å². The summed E-state index contributed by atoms with van der Waals surface area (Å²) in [7, 11) is 1.64. The Balaban J connectivity index is 1.61. The van der Waals surface area contributed by atoms with Gasteiger partial charge in [-0.3, -0.25) is 0 Å². The second-order valence-corrected chi connectivity index (χ2v) is 8.05. The monoisotopic (exact) mass is 440 g/mol. The Morgan fingerprint density at radius 2 is 1.83 bits per heavy atom. The first kappa shape index (κ1) is 19.1. The first-order valence-electron chi connectivity index (χ1n) is 9.49. The molecule has 2 heterocycles. The highest BCUT2D eigenvalue weighted by Gasteiger charge is 2.42. The average Bonchev–Trinajstić information content (AvgIpc) is 3.21. The lowest BCUT2D eigenvalue weighted by Crippen LogP contribution is -2.33. The molecule has 30 heavy (non-hydrogen) atoms. The van der Waals surface area contributed by atoms with E-state index in [0.29, 0.717) is 17.0 Å². The first-order valence-corrected chi connectivity index (χ1v) is 10.2. The third-order valence-electron chi connectivity index (χ3n) is 5.45. The average molecular weight is 441 g/mol. The van der Waals surface area contributed by atoms with Gasteiger partial charge in [-0.1, -0.05) is 41.4 Å².